The van der Waals surface area contributed by atoms with Crippen molar-refractivity contribution < 1.29 is 9.31 Å². The highest BCUT2D eigenvalue weighted by Gasteiger charge is 2.52. The molecule has 0 saturated carbocycles. The molecule has 0 spiro atoms. The van der Waals surface area contributed by atoms with Crippen molar-refractivity contribution >= 4 is 29.1 Å². The maximum Gasteiger partial charge on any atom is 0.491 e. The first-order chi connectivity index (χ1) is 9.75. The molecule has 0 unspecified atom stereocenters. The van der Waals surface area contributed by atoms with E-state index in [2.05, 4.69) is 67.2 Å². The van der Waals surface area contributed by atoms with Gasteiger partial charge in [0, 0.05) is 11.0 Å². The molecule has 1 saturated heterocycles. The van der Waals surface area contributed by atoms with Crippen LogP contribution in [0.25, 0.3) is 6.08 Å². The van der Waals surface area contributed by atoms with E-state index in [1.165, 1.54) is 0 Å². The van der Waals surface area contributed by atoms with Gasteiger partial charge in [0.05, 0.1) is 11.2 Å². The molecule has 5 heteroatoms. The smallest absolute Gasteiger partial charge is 0.400 e. The highest BCUT2D eigenvalue weighted by Crippen LogP contribution is 2.38. The van der Waals surface area contributed by atoms with Crippen LogP contribution >= 0.6 is 15.9 Å². The monoisotopic (exact) mass is 351 g/mol. The average Bonchev–Trinajstić information content (AvgIpc) is 2.60. The van der Waals surface area contributed by atoms with E-state index in [9.17, 15) is 0 Å². The number of benzene rings is 1. The zero-order valence-corrected chi connectivity index (χ0v) is 15.0. The summed E-state index contributed by atoms with van der Waals surface area (Å²) < 4.78 is 13.3. The van der Waals surface area contributed by atoms with Gasteiger partial charge in [-0.15, -0.1) is 0 Å². The summed E-state index contributed by atoms with van der Waals surface area (Å²) in [7, 11) is 1.62. The Morgan fingerprint density at radius 3 is 2.14 bits per heavy atom. The van der Waals surface area contributed by atoms with Gasteiger partial charge in [-0.2, -0.15) is 0 Å². The predicted molar refractivity (Wildman–Crippen MR) is 92.1 cm³/mol. The Morgan fingerprint density at radius 2 is 1.67 bits per heavy atom. The molecule has 1 fully saturated rings. The number of hydrogen-bond acceptors (Lipinski definition) is 3. The van der Waals surface area contributed by atoms with E-state index in [4.69, 9.17) is 9.31 Å². The summed E-state index contributed by atoms with van der Waals surface area (Å²) >= 11 is 3.46. The van der Waals surface area contributed by atoms with Gasteiger partial charge in [0.1, 0.15) is 0 Å². The third-order valence-electron chi connectivity index (χ3n) is 4.16. The van der Waals surface area contributed by atoms with E-state index >= 15 is 0 Å². The Hall–Kier alpha value is -0.615. The quantitative estimate of drug-likeness (QED) is 0.839. The maximum atomic E-state index is 6.13. The Morgan fingerprint density at radius 1 is 1.14 bits per heavy atom. The number of halogens is 1. The minimum Gasteiger partial charge on any atom is -0.400 e. The fraction of sp³-hybridized carbons (Fsp3) is 0.500. The van der Waals surface area contributed by atoms with E-state index < -0.39 is 0 Å². The van der Waals surface area contributed by atoms with Gasteiger partial charge in [-0.3, -0.25) is 0 Å². The molecule has 0 aromatic heterocycles. The standard InChI is InChI=1S/C16H23BBrNO2/c1-15(2)16(3,4)21-17(20-15)13(11-19-5)10-12-6-8-14(18)9-7-12/h6-10,19H,11H2,1-5H3. The summed E-state index contributed by atoms with van der Waals surface area (Å²) in [4.78, 5) is 0. The molecule has 0 amide bonds. The molecule has 1 aromatic rings. The molecule has 0 aliphatic carbocycles. The van der Waals surface area contributed by atoms with Crippen LogP contribution in [0.1, 0.15) is 33.3 Å². The topological polar surface area (TPSA) is 30.5 Å². The first-order valence-corrected chi connectivity index (χ1v) is 8.01. The second kappa shape index (κ2) is 6.25. The molecule has 3 nitrogen and oxygen atoms in total. The van der Waals surface area contributed by atoms with Crippen LogP contribution in [0, 0.1) is 0 Å². The van der Waals surface area contributed by atoms with Crippen LogP contribution in [0.4, 0.5) is 0 Å². The summed E-state index contributed by atoms with van der Waals surface area (Å²) in [5.74, 6) is 0. The van der Waals surface area contributed by atoms with Gasteiger partial charge in [0.2, 0.25) is 0 Å². The average molecular weight is 352 g/mol. The van der Waals surface area contributed by atoms with E-state index in [1.54, 1.807) is 0 Å². The minimum absolute atomic E-state index is 0.314. The lowest BCUT2D eigenvalue weighted by Gasteiger charge is -2.32. The Kier molecular flexibility index (Phi) is 4.98. The van der Waals surface area contributed by atoms with Gasteiger partial charge in [0.15, 0.2) is 0 Å². The Bertz CT molecular complexity index is 510. The summed E-state index contributed by atoms with van der Waals surface area (Å²) in [6.45, 7) is 9.02. The second-order valence-electron chi connectivity index (χ2n) is 6.39. The van der Waals surface area contributed by atoms with Crippen LogP contribution in [0.3, 0.4) is 0 Å². The van der Waals surface area contributed by atoms with Gasteiger partial charge >= 0.3 is 7.12 Å². The molecule has 0 atom stereocenters. The van der Waals surface area contributed by atoms with Gasteiger partial charge in [0.25, 0.3) is 0 Å². The van der Waals surface area contributed by atoms with E-state index in [0.29, 0.717) is 0 Å². The van der Waals surface area contributed by atoms with Crippen molar-refractivity contribution in [3.63, 3.8) is 0 Å². The summed E-state index contributed by atoms with van der Waals surface area (Å²) in [6.07, 6.45) is 2.13. The molecule has 1 heterocycles. The lowest BCUT2D eigenvalue weighted by atomic mass is 9.77. The molecule has 21 heavy (non-hydrogen) atoms. The first-order valence-electron chi connectivity index (χ1n) is 7.21. The molecule has 1 aliphatic heterocycles. The van der Waals surface area contributed by atoms with Crippen molar-refractivity contribution in [3.05, 3.63) is 39.8 Å². The van der Waals surface area contributed by atoms with Crippen molar-refractivity contribution in [2.45, 2.75) is 38.9 Å². The van der Waals surface area contributed by atoms with Crippen LogP contribution < -0.4 is 5.32 Å². The van der Waals surface area contributed by atoms with Crippen molar-refractivity contribution in [2.75, 3.05) is 13.6 Å². The fourth-order valence-corrected chi connectivity index (χ4v) is 2.44. The number of rotatable bonds is 4. The maximum absolute atomic E-state index is 6.13. The molecule has 114 valence electrons. The third-order valence-corrected chi connectivity index (χ3v) is 4.69. The van der Waals surface area contributed by atoms with E-state index in [0.717, 1.165) is 22.1 Å². The number of nitrogens with one attached hydrogen (secondary N) is 1. The molecule has 2 rings (SSSR count). The van der Waals surface area contributed by atoms with E-state index in [-0.39, 0.29) is 18.3 Å². The van der Waals surface area contributed by atoms with Crippen molar-refractivity contribution in [2.24, 2.45) is 0 Å². The highest BCUT2D eigenvalue weighted by atomic mass is 79.9. The number of hydrogen-bond donors (Lipinski definition) is 1. The van der Waals surface area contributed by atoms with E-state index in [1.807, 2.05) is 19.2 Å². The van der Waals surface area contributed by atoms with Crippen LogP contribution in [-0.4, -0.2) is 31.9 Å². The van der Waals surface area contributed by atoms with Crippen molar-refractivity contribution in [1.29, 1.82) is 0 Å². The van der Waals surface area contributed by atoms with Gasteiger partial charge in [-0.25, -0.2) is 0 Å². The fourth-order valence-electron chi connectivity index (χ4n) is 2.17. The van der Waals surface area contributed by atoms with Crippen LogP contribution in [-0.2, 0) is 9.31 Å². The molecular formula is C16H23BBrNO2. The minimum atomic E-state index is -0.315. The lowest BCUT2D eigenvalue weighted by molar-refractivity contribution is 0.00578. The van der Waals surface area contributed by atoms with Crippen LogP contribution in [0.5, 0.6) is 0 Å². The third kappa shape index (κ3) is 3.78. The van der Waals surface area contributed by atoms with Gasteiger partial charge in [-0.05, 0) is 57.9 Å². The first kappa shape index (κ1) is 16.8. The Balaban J connectivity index is 2.26. The SMILES string of the molecule is CNCC(=Cc1ccc(Br)cc1)B1OC(C)(C)C(C)(C)O1. The molecule has 1 N–H and O–H groups in total. The lowest BCUT2D eigenvalue weighted by Crippen LogP contribution is -2.41. The second-order valence-corrected chi connectivity index (χ2v) is 7.31. The van der Waals surface area contributed by atoms with Crippen LogP contribution in [0.2, 0.25) is 0 Å². The molecule has 1 aromatic carbocycles. The number of likely N-dealkylation sites (N-methyl/N-ethyl adjacent to an activating group) is 1. The predicted octanol–water partition coefficient (Wildman–Crippen LogP) is 3.68. The largest absolute Gasteiger partial charge is 0.491 e. The van der Waals surface area contributed by atoms with Crippen molar-refractivity contribution in [3.8, 4) is 0 Å². The zero-order valence-electron chi connectivity index (χ0n) is 13.4. The summed E-state index contributed by atoms with van der Waals surface area (Å²) in [5.41, 5.74) is 1.60. The van der Waals surface area contributed by atoms with Crippen molar-refractivity contribution in [1.82, 2.24) is 5.32 Å². The summed E-state index contributed by atoms with van der Waals surface area (Å²) in [5, 5.41) is 3.19. The van der Waals surface area contributed by atoms with Gasteiger partial charge in [-0.1, -0.05) is 34.1 Å². The molecule has 0 bridgehead atoms. The molecule has 0 radical (unpaired) electrons. The summed E-state index contributed by atoms with van der Waals surface area (Å²) in [6, 6.07) is 8.22. The van der Waals surface area contributed by atoms with Crippen LogP contribution in [0.15, 0.2) is 34.2 Å². The van der Waals surface area contributed by atoms with Gasteiger partial charge < -0.3 is 14.6 Å². The highest BCUT2D eigenvalue weighted by molar-refractivity contribution is 9.10. The Labute approximate surface area is 136 Å². The zero-order chi connectivity index (χ0) is 15.7. The molecule has 1 aliphatic rings. The normalized spacial score (nSPS) is 20.9. The molecular weight excluding hydrogens is 329 g/mol.